The van der Waals surface area contributed by atoms with Crippen LogP contribution in [0.25, 0.3) is 22.2 Å². The Balaban J connectivity index is 1.62. The van der Waals surface area contributed by atoms with Gasteiger partial charge in [-0.15, -0.1) is 0 Å². The fourth-order valence-corrected chi connectivity index (χ4v) is 4.62. The fourth-order valence-electron chi connectivity index (χ4n) is 4.62. The molecule has 5 rings (SSSR count). The quantitative estimate of drug-likeness (QED) is 0.669. The molecule has 0 radical (unpaired) electrons. The first kappa shape index (κ1) is 18.7. The van der Waals surface area contributed by atoms with Crippen molar-refractivity contribution in [3.05, 3.63) is 23.1 Å². The number of ether oxygens (including phenoxy) is 1. The summed E-state index contributed by atoms with van der Waals surface area (Å²) in [5.41, 5.74) is 5.33. The molecule has 0 spiro atoms. The van der Waals surface area contributed by atoms with E-state index >= 15 is 0 Å². The van der Waals surface area contributed by atoms with Crippen molar-refractivity contribution >= 4 is 28.0 Å². The molecule has 0 amide bonds. The van der Waals surface area contributed by atoms with Crippen molar-refractivity contribution in [2.45, 2.75) is 39.4 Å². The van der Waals surface area contributed by atoms with Crippen LogP contribution in [0.15, 0.2) is 10.7 Å². The summed E-state index contributed by atoms with van der Waals surface area (Å²) in [6.45, 7) is 11.6. The maximum absolute atomic E-state index is 9.19. The number of anilines is 1. The molecule has 2 N–H and O–H groups in total. The highest BCUT2D eigenvalue weighted by molar-refractivity contribution is 6.06. The molecule has 0 bridgehead atoms. The van der Waals surface area contributed by atoms with Crippen molar-refractivity contribution in [1.82, 2.24) is 15.0 Å². The molecule has 29 heavy (non-hydrogen) atoms. The van der Waals surface area contributed by atoms with E-state index in [0.717, 1.165) is 72.7 Å². The van der Waals surface area contributed by atoms with Gasteiger partial charge in [0.2, 0.25) is 5.71 Å². The lowest BCUT2D eigenvalue weighted by molar-refractivity contribution is -0.900. The van der Waals surface area contributed by atoms with Gasteiger partial charge in [0.05, 0.1) is 50.4 Å². The monoisotopic (exact) mass is 398 g/mol. The van der Waals surface area contributed by atoms with Crippen molar-refractivity contribution in [3.8, 4) is 0 Å². The summed E-state index contributed by atoms with van der Waals surface area (Å²) in [5, 5.41) is 10.2. The predicted octanol–water partition coefficient (Wildman–Crippen LogP) is 0.628. The molecule has 8 heteroatoms. The number of hydrogen-bond acceptors (Lipinski definition) is 7. The second kappa shape index (κ2) is 6.90. The first-order valence-electron chi connectivity index (χ1n) is 10.4. The van der Waals surface area contributed by atoms with E-state index in [4.69, 9.17) is 14.1 Å². The Kier molecular flexibility index (Phi) is 4.45. The Morgan fingerprint density at radius 2 is 2.00 bits per heavy atom. The molecular formula is C21H28N5O3+. The maximum atomic E-state index is 9.19. The SMILES string of the molecule is Cc1nc2oc3c(N4CC[NH+](CCO)CC4)ncnc3c2c2c1COC(C)(C)C2. The van der Waals surface area contributed by atoms with Crippen LogP contribution in [0, 0.1) is 6.92 Å². The van der Waals surface area contributed by atoms with Gasteiger partial charge in [-0.2, -0.15) is 0 Å². The zero-order valence-electron chi connectivity index (χ0n) is 17.3. The Hall–Kier alpha value is -2.29. The number of nitrogens with zero attached hydrogens (tertiary/aromatic N) is 4. The molecule has 0 saturated carbocycles. The Bertz CT molecular complexity index is 1070. The number of quaternary nitrogens is 1. The van der Waals surface area contributed by atoms with E-state index < -0.39 is 0 Å². The van der Waals surface area contributed by atoms with E-state index in [1.807, 2.05) is 6.92 Å². The molecule has 0 unspecified atom stereocenters. The Labute approximate surface area is 169 Å². The molecule has 0 atom stereocenters. The minimum atomic E-state index is -0.223. The lowest BCUT2D eigenvalue weighted by Crippen LogP contribution is -3.15. The Morgan fingerprint density at radius 1 is 1.21 bits per heavy atom. The van der Waals surface area contributed by atoms with E-state index in [9.17, 15) is 5.11 Å². The number of aliphatic hydroxyl groups is 1. The summed E-state index contributed by atoms with van der Waals surface area (Å²) in [4.78, 5) is 17.6. The average Bonchev–Trinajstić information content (AvgIpc) is 3.06. The molecule has 1 saturated heterocycles. The number of piperazine rings is 1. The third kappa shape index (κ3) is 3.15. The van der Waals surface area contributed by atoms with Crippen LogP contribution >= 0.6 is 0 Å². The van der Waals surface area contributed by atoms with Crippen molar-refractivity contribution in [3.63, 3.8) is 0 Å². The van der Waals surface area contributed by atoms with Gasteiger partial charge in [0.25, 0.3) is 0 Å². The van der Waals surface area contributed by atoms with Crippen molar-refractivity contribution in [2.75, 3.05) is 44.2 Å². The second-order valence-electron chi connectivity index (χ2n) is 8.75. The normalized spacial score (nSPS) is 19.8. The summed E-state index contributed by atoms with van der Waals surface area (Å²) >= 11 is 0. The van der Waals surface area contributed by atoms with Crippen LogP contribution in [0.2, 0.25) is 0 Å². The molecular weight excluding hydrogens is 370 g/mol. The first-order valence-corrected chi connectivity index (χ1v) is 10.4. The number of rotatable bonds is 3. The molecule has 5 heterocycles. The summed E-state index contributed by atoms with van der Waals surface area (Å²) in [6, 6.07) is 0. The number of pyridine rings is 1. The number of aryl methyl sites for hydroxylation is 1. The smallest absolute Gasteiger partial charge is 0.229 e. The lowest BCUT2D eigenvalue weighted by atomic mass is 9.89. The zero-order chi connectivity index (χ0) is 20.2. The number of furan rings is 1. The standard InChI is InChI=1S/C21H27N5O3/c1-13-15-11-28-21(2,3)10-14(15)16-17-18(29-20(16)24-13)19(23-12-22-17)26-6-4-25(5-7-26)8-9-27/h12,27H,4-11H2,1-3H3/p+1. The average molecular weight is 398 g/mol. The molecule has 154 valence electrons. The number of aromatic nitrogens is 3. The number of aliphatic hydroxyl groups excluding tert-OH is 1. The number of fused-ring (bicyclic) bond motifs is 5. The second-order valence-corrected chi connectivity index (χ2v) is 8.75. The fraction of sp³-hybridized carbons (Fsp3) is 0.571. The highest BCUT2D eigenvalue weighted by Crippen LogP contribution is 2.39. The van der Waals surface area contributed by atoms with Gasteiger partial charge in [-0.3, -0.25) is 0 Å². The molecule has 3 aromatic heterocycles. The van der Waals surface area contributed by atoms with E-state index in [0.29, 0.717) is 12.3 Å². The minimum Gasteiger partial charge on any atom is -0.432 e. The van der Waals surface area contributed by atoms with Gasteiger partial charge in [-0.05, 0) is 26.3 Å². The number of hydrogen-bond donors (Lipinski definition) is 2. The van der Waals surface area contributed by atoms with E-state index in [-0.39, 0.29) is 12.2 Å². The third-order valence-corrected chi connectivity index (χ3v) is 6.25. The molecule has 0 aliphatic carbocycles. The molecule has 2 aliphatic heterocycles. The molecule has 3 aromatic rings. The number of nitrogens with one attached hydrogen (secondary N) is 1. The highest BCUT2D eigenvalue weighted by Gasteiger charge is 2.32. The molecule has 0 aromatic carbocycles. The van der Waals surface area contributed by atoms with Gasteiger partial charge in [-0.25, -0.2) is 15.0 Å². The van der Waals surface area contributed by atoms with Gasteiger partial charge in [-0.1, -0.05) is 0 Å². The van der Waals surface area contributed by atoms with Crippen LogP contribution in [0.3, 0.4) is 0 Å². The van der Waals surface area contributed by atoms with Crippen LogP contribution in [-0.4, -0.2) is 65.0 Å². The van der Waals surface area contributed by atoms with Gasteiger partial charge >= 0.3 is 0 Å². The van der Waals surface area contributed by atoms with Crippen molar-refractivity contribution < 1.29 is 19.2 Å². The first-order chi connectivity index (χ1) is 14.0. The van der Waals surface area contributed by atoms with Crippen LogP contribution in [0.5, 0.6) is 0 Å². The summed E-state index contributed by atoms with van der Waals surface area (Å²) in [7, 11) is 0. The van der Waals surface area contributed by atoms with Gasteiger partial charge in [0.15, 0.2) is 11.4 Å². The van der Waals surface area contributed by atoms with Gasteiger partial charge in [0, 0.05) is 17.7 Å². The van der Waals surface area contributed by atoms with Crippen LogP contribution in [-0.2, 0) is 17.8 Å². The van der Waals surface area contributed by atoms with Crippen molar-refractivity contribution in [2.24, 2.45) is 0 Å². The third-order valence-electron chi connectivity index (χ3n) is 6.25. The van der Waals surface area contributed by atoms with Gasteiger partial charge in [0.1, 0.15) is 18.4 Å². The molecule has 2 aliphatic rings. The molecule has 1 fully saturated rings. The highest BCUT2D eigenvalue weighted by atomic mass is 16.5. The lowest BCUT2D eigenvalue weighted by Gasteiger charge is -2.32. The molecule has 8 nitrogen and oxygen atoms in total. The summed E-state index contributed by atoms with van der Waals surface area (Å²) < 4.78 is 12.3. The van der Waals surface area contributed by atoms with E-state index in [2.05, 4.69) is 28.7 Å². The van der Waals surface area contributed by atoms with Gasteiger partial charge < -0.3 is 24.1 Å². The van der Waals surface area contributed by atoms with Crippen LogP contribution < -0.4 is 9.80 Å². The summed E-state index contributed by atoms with van der Waals surface area (Å²) in [6.07, 6.45) is 2.44. The van der Waals surface area contributed by atoms with E-state index in [1.165, 1.54) is 10.5 Å². The maximum Gasteiger partial charge on any atom is 0.229 e. The topological polar surface area (TPSA) is 89.0 Å². The van der Waals surface area contributed by atoms with E-state index in [1.54, 1.807) is 6.33 Å². The minimum absolute atomic E-state index is 0.223. The van der Waals surface area contributed by atoms with Crippen LogP contribution in [0.4, 0.5) is 5.82 Å². The summed E-state index contributed by atoms with van der Waals surface area (Å²) in [5.74, 6) is 0.841. The largest absolute Gasteiger partial charge is 0.432 e. The zero-order valence-corrected chi connectivity index (χ0v) is 17.3. The Morgan fingerprint density at radius 3 is 2.76 bits per heavy atom. The predicted molar refractivity (Wildman–Crippen MR) is 109 cm³/mol. The van der Waals surface area contributed by atoms with Crippen LogP contribution in [0.1, 0.15) is 30.7 Å². The van der Waals surface area contributed by atoms with Crippen molar-refractivity contribution in [1.29, 1.82) is 0 Å².